The van der Waals surface area contributed by atoms with E-state index in [1.807, 2.05) is 30.1 Å². The number of hydrogen-bond donors (Lipinski definition) is 1. The molecular formula is C16H23N3O. The number of amides is 1. The van der Waals surface area contributed by atoms with Gasteiger partial charge in [-0.05, 0) is 43.4 Å². The van der Waals surface area contributed by atoms with Crippen molar-refractivity contribution in [1.29, 1.82) is 0 Å². The van der Waals surface area contributed by atoms with Gasteiger partial charge in [-0.2, -0.15) is 0 Å². The number of nitrogens with one attached hydrogen (secondary N) is 1. The normalized spacial score (nSPS) is 28.4. The zero-order valence-corrected chi connectivity index (χ0v) is 12.1. The third kappa shape index (κ3) is 2.70. The molecule has 4 heteroatoms. The molecule has 1 aromatic heterocycles. The minimum Gasteiger partial charge on any atom is -0.344 e. The van der Waals surface area contributed by atoms with Crippen LogP contribution in [-0.2, 0) is 11.2 Å². The predicted octanol–water partition coefficient (Wildman–Crippen LogP) is 1.47. The van der Waals surface area contributed by atoms with Gasteiger partial charge in [-0.3, -0.25) is 9.78 Å². The van der Waals surface area contributed by atoms with Crippen LogP contribution in [0.5, 0.6) is 0 Å². The fourth-order valence-corrected chi connectivity index (χ4v) is 3.63. The van der Waals surface area contributed by atoms with Crippen LogP contribution in [-0.4, -0.2) is 42.0 Å². The Labute approximate surface area is 120 Å². The van der Waals surface area contributed by atoms with E-state index < -0.39 is 0 Å². The Bertz CT molecular complexity index is 462. The summed E-state index contributed by atoms with van der Waals surface area (Å²) in [6, 6.07) is 5.97. The van der Waals surface area contributed by atoms with E-state index in [1.54, 1.807) is 6.20 Å². The van der Waals surface area contributed by atoms with Gasteiger partial charge in [0.1, 0.15) is 0 Å². The fraction of sp³-hybridized carbons (Fsp3) is 0.625. The maximum atomic E-state index is 12.6. The largest absolute Gasteiger partial charge is 0.344 e. The van der Waals surface area contributed by atoms with E-state index >= 15 is 0 Å². The topological polar surface area (TPSA) is 45.2 Å². The summed E-state index contributed by atoms with van der Waals surface area (Å²) < 4.78 is 0. The first kappa shape index (κ1) is 13.6. The second-order valence-corrected chi connectivity index (χ2v) is 6.07. The summed E-state index contributed by atoms with van der Waals surface area (Å²) in [5.41, 5.74) is 1.05. The molecule has 1 aliphatic carbocycles. The number of rotatable bonds is 4. The van der Waals surface area contributed by atoms with Crippen LogP contribution in [0, 0.1) is 11.8 Å². The maximum Gasteiger partial charge on any atom is 0.239 e. The molecule has 3 rings (SSSR count). The van der Waals surface area contributed by atoms with Crippen molar-refractivity contribution in [3.05, 3.63) is 30.1 Å². The van der Waals surface area contributed by atoms with Gasteiger partial charge in [-0.1, -0.05) is 12.5 Å². The number of likely N-dealkylation sites (N-methyl/N-ethyl adjacent to an activating group) is 1. The van der Waals surface area contributed by atoms with Crippen LogP contribution in [0.2, 0.25) is 0 Å². The summed E-state index contributed by atoms with van der Waals surface area (Å²) in [5.74, 6) is 1.56. The highest BCUT2D eigenvalue weighted by molar-refractivity contribution is 5.82. The molecule has 1 N–H and O–H groups in total. The Balaban J connectivity index is 1.54. The molecule has 1 aromatic rings. The highest BCUT2D eigenvalue weighted by Gasteiger charge is 2.43. The van der Waals surface area contributed by atoms with Crippen molar-refractivity contribution in [2.45, 2.75) is 31.7 Å². The van der Waals surface area contributed by atoms with Gasteiger partial charge in [-0.15, -0.1) is 0 Å². The number of nitrogens with zero attached hydrogens (tertiary/aromatic N) is 2. The molecule has 20 heavy (non-hydrogen) atoms. The molecule has 3 unspecified atom stereocenters. The summed E-state index contributed by atoms with van der Waals surface area (Å²) in [4.78, 5) is 18.7. The zero-order chi connectivity index (χ0) is 13.9. The minimum atomic E-state index is 0.0521. The third-order valence-corrected chi connectivity index (χ3v) is 4.82. The van der Waals surface area contributed by atoms with Crippen LogP contribution in [0.15, 0.2) is 24.4 Å². The predicted molar refractivity (Wildman–Crippen MR) is 78.2 cm³/mol. The molecule has 0 radical (unpaired) electrons. The maximum absolute atomic E-state index is 12.6. The fourth-order valence-electron chi connectivity index (χ4n) is 3.63. The molecule has 1 saturated heterocycles. The minimum absolute atomic E-state index is 0.0521. The van der Waals surface area contributed by atoms with Crippen LogP contribution in [0.4, 0.5) is 0 Å². The molecule has 0 bridgehead atoms. The lowest BCUT2D eigenvalue weighted by Gasteiger charge is -2.24. The van der Waals surface area contributed by atoms with E-state index in [0.717, 1.165) is 31.1 Å². The van der Waals surface area contributed by atoms with Crippen LogP contribution in [0.3, 0.4) is 0 Å². The quantitative estimate of drug-likeness (QED) is 0.903. The Morgan fingerprint density at radius 3 is 3.15 bits per heavy atom. The molecule has 0 spiro atoms. The van der Waals surface area contributed by atoms with E-state index in [9.17, 15) is 4.79 Å². The summed E-state index contributed by atoms with van der Waals surface area (Å²) in [7, 11) is 1.91. The van der Waals surface area contributed by atoms with Crippen molar-refractivity contribution in [2.75, 3.05) is 20.1 Å². The van der Waals surface area contributed by atoms with E-state index in [2.05, 4.69) is 10.3 Å². The van der Waals surface area contributed by atoms with Crippen molar-refractivity contribution in [1.82, 2.24) is 15.2 Å². The number of aromatic nitrogens is 1. The average Bonchev–Trinajstić information content (AvgIpc) is 3.08. The van der Waals surface area contributed by atoms with Crippen molar-refractivity contribution in [2.24, 2.45) is 11.8 Å². The monoisotopic (exact) mass is 273 g/mol. The number of pyridine rings is 1. The molecule has 0 aromatic carbocycles. The lowest BCUT2D eigenvalue weighted by Crippen LogP contribution is -2.45. The van der Waals surface area contributed by atoms with Crippen molar-refractivity contribution in [3.8, 4) is 0 Å². The Morgan fingerprint density at radius 2 is 2.35 bits per heavy atom. The first-order valence-electron chi connectivity index (χ1n) is 7.64. The molecule has 2 fully saturated rings. The standard InChI is InChI=1S/C16H23N3O/c1-19(10-8-13-6-2-3-9-17-13)16(20)15-14-7-4-5-12(14)11-18-15/h2-3,6,9,12,14-15,18H,4-5,7-8,10-11H2,1H3. The second kappa shape index (κ2) is 5.92. The zero-order valence-electron chi connectivity index (χ0n) is 12.1. The average molecular weight is 273 g/mol. The van der Waals surface area contributed by atoms with Gasteiger partial charge in [0, 0.05) is 31.9 Å². The molecule has 1 amide bonds. The number of fused-ring (bicyclic) bond motifs is 1. The van der Waals surface area contributed by atoms with E-state index in [-0.39, 0.29) is 11.9 Å². The van der Waals surface area contributed by atoms with Crippen LogP contribution in [0.1, 0.15) is 25.0 Å². The van der Waals surface area contributed by atoms with Crippen molar-refractivity contribution >= 4 is 5.91 Å². The summed E-state index contributed by atoms with van der Waals surface area (Å²) >= 11 is 0. The van der Waals surface area contributed by atoms with Gasteiger partial charge >= 0.3 is 0 Å². The molecule has 1 aliphatic heterocycles. The van der Waals surface area contributed by atoms with Gasteiger partial charge in [0.15, 0.2) is 0 Å². The summed E-state index contributed by atoms with van der Waals surface area (Å²) in [6.07, 6.45) is 6.42. The Morgan fingerprint density at radius 1 is 1.45 bits per heavy atom. The molecule has 2 aliphatic rings. The highest BCUT2D eigenvalue weighted by atomic mass is 16.2. The van der Waals surface area contributed by atoms with Crippen LogP contribution in [0.25, 0.3) is 0 Å². The second-order valence-electron chi connectivity index (χ2n) is 6.07. The van der Waals surface area contributed by atoms with Gasteiger partial charge in [0.05, 0.1) is 6.04 Å². The summed E-state index contributed by atoms with van der Waals surface area (Å²) in [6.45, 7) is 1.76. The van der Waals surface area contributed by atoms with Gasteiger partial charge in [0.2, 0.25) is 5.91 Å². The van der Waals surface area contributed by atoms with Crippen LogP contribution >= 0.6 is 0 Å². The highest BCUT2D eigenvalue weighted by Crippen LogP contribution is 2.38. The smallest absolute Gasteiger partial charge is 0.239 e. The Hall–Kier alpha value is -1.42. The van der Waals surface area contributed by atoms with Gasteiger partial charge < -0.3 is 10.2 Å². The van der Waals surface area contributed by atoms with Gasteiger partial charge in [0.25, 0.3) is 0 Å². The Kier molecular flexibility index (Phi) is 4.01. The summed E-state index contributed by atoms with van der Waals surface area (Å²) in [5, 5.41) is 3.43. The third-order valence-electron chi connectivity index (χ3n) is 4.82. The molecular weight excluding hydrogens is 250 g/mol. The van der Waals surface area contributed by atoms with Crippen molar-refractivity contribution < 1.29 is 4.79 Å². The van der Waals surface area contributed by atoms with Gasteiger partial charge in [-0.25, -0.2) is 0 Å². The van der Waals surface area contributed by atoms with E-state index in [1.165, 1.54) is 19.3 Å². The van der Waals surface area contributed by atoms with Crippen molar-refractivity contribution in [3.63, 3.8) is 0 Å². The van der Waals surface area contributed by atoms with E-state index in [4.69, 9.17) is 0 Å². The molecule has 4 nitrogen and oxygen atoms in total. The first-order valence-corrected chi connectivity index (χ1v) is 7.64. The molecule has 108 valence electrons. The number of hydrogen-bond acceptors (Lipinski definition) is 3. The SMILES string of the molecule is CN(CCc1ccccn1)C(=O)C1NCC2CCCC21. The molecule has 1 saturated carbocycles. The molecule has 2 heterocycles. The first-order chi connectivity index (χ1) is 9.75. The molecule has 3 atom stereocenters. The van der Waals surface area contributed by atoms with E-state index in [0.29, 0.717) is 5.92 Å². The van der Waals surface area contributed by atoms with Crippen LogP contribution < -0.4 is 5.32 Å². The lowest BCUT2D eigenvalue weighted by atomic mass is 9.93. The number of carbonyl (C=O) groups is 1. The lowest BCUT2D eigenvalue weighted by molar-refractivity contribution is -0.132. The number of carbonyl (C=O) groups excluding carboxylic acids is 1.